The Morgan fingerprint density at radius 1 is 1.29 bits per heavy atom. The molecule has 1 saturated carbocycles. The van der Waals surface area contributed by atoms with E-state index in [1.165, 1.54) is 19.4 Å². The quantitative estimate of drug-likeness (QED) is 0.880. The molecule has 24 heavy (non-hydrogen) atoms. The van der Waals surface area contributed by atoms with Crippen LogP contribution < -0.4 is 5.32 Å². The van der Waals surface area contributed by atoms with Crippen molar-refractivity contribution in [1.29, 1.82) is 0 Å². The van der Waals surface area contributed by atoms with Gasteiger partial charge in [0.15, 0.2) is 5.82 Å². The molecule has 0 spiro atoms. The van der Waals surface area contributed by atoms with Crippen LogP contribution in [0.3, 0.4) is 0 Å². The van der Waals surface area contributed by atoms with E-state index in [4.69, 9.17) is 0 Å². The normalized spacial score (nSPS) is 20.0. The molecule has 8 heteroatoms. The van der Waals surface area contributed by atoms with Gasteiger partial charge in [-0.1, -0.05) is 32.1 Å². The van der Waals surface area contributed by atoms with E-state index in [9.17, 15) is 23.1 Å². The zero-order valence-electron chi connectivity index (χ0n) is 13.8. The van der Waals surface area contributed by atoms with Crippen LogP contribution in [0.15, 0.2) is 12.4 Å². The van der Waals surface area contributed by atoms with Crippen molar-refractivity contribution in [3.63, 3.8) is 0 Å². The van der Waals surface area contributed by atoms with Crippen LogP contribution >= 0.6 is 0 Å². The van der Waals surface area contributed by atoms with Gasteiger partial charge in [0.05, 0.1) is 6.42 Å². The Morgan fingerprint density at radius 2 is 1.88 bits per heavy atom. The second-order valence-electron chi connectivity index (χ2n) is 6.51. The Labute approximate surface area is 139 Å². The van der Waals surface area contributed by atoms with Crippen LogP contribution in [0.5, 0.6) is 0 Å². The van der Waals surface area contributed by atoms with Crippen LogP contribution in [0.1, 0.15) is 57.2 Å². The summed E-state index contributed by atoms with van der Waals surface area (Å²) in [5, 5.41) is 12.9. The van der Waals surface area contributed by atoms with Gasteiger partial charge in [-0.05, 0) is 12.8 Å². The number of amides is 1. The van der Waals surface area contributed by atoms with Crippen LogP contribution in [0.4, 0.5) is 13.2 Å². The lowest BCUT2D eigenvalue weighted by atomic mass is 9.94. The van der Waals surface area contributed by atoms with Crippen LogP contribution in [0, 0.1) is 0 Å². The third-order valence-electron chi connectivity index (χ3n) is 4.55. The highest BCUT2D eigenvalue weighted by Gasteiger charge is 2.58. The van der Waals surface area contributed by atoms with Crippen LogP contribution in [-0.2, 0) is 17.4 Å². The number of nitrogens with zero attached hydrogens (tertiary/aromatic N) is 2. The number of rotatable bonds is 4. The van der Waals surface area contributed by atoms with E-state index in [0.717, 1.165) is 49.5 Å². The number of aliphatic hydroxyl groups is 1. The first-order valence-corrected chi connectivity index (χ1v) is 8.30. The fourth-order valence-electron chi connectivity index (χ4n) is 3.18. The number of aromatic nitrogens is 2. The van der Waals surface area contributed by atoms with Gasteiger partial charge in [-0.2, -0.15) is 13.2 Å². The summed E-state index contributed by atoms with van der Waals surface area (Å²) in [5.41, 5.74) is -3.29. The zero-order chi connectivity index (χ0) is 17.8. The number of carbonyl (C=O) groups excluding carboxylic acids is 1. The Morgan fingerprint density at radius 3 is 2.38 bits per heavy atom. The number of hydrogen-bond acceptors (Lipinski definition) is 3. The monoisotopic (exact) mass is 347 g/mol. The third-order valence-corrected chi connectivity index (χ3v) is 4.55. The van der Waals surface area contributed by atoms with E-state index in [2.05, 4.69) is 10.3 Å². The summed E-state index contributed by atoms with van der Waals surface area (Å²) in [7, 11) is 1.35. The lowest BCUT2D eigenvalue weighted by Gasteiger charge is -2.30. The van der Waals surface area contributed by atoms with Gasteiger partial charge in [0.25, 0.3) is 0 Å². The van der Waals surface area contributed by atoms with Gasteiger partial charge < -0.3 is 15.0 Å². The molecular formula is C16H24F3N3O2. The maximum atomic E-state index is 13.4. The molecule has 1 aliphatic rings. The van der Waals surface area contributed by atoms with Crippen molar-refractivity contribution in [2.75, 3.05) is 0 Å². The molecule has 136 valence electrons. The van der Waals surface area contributed by atoms with Gasteiger partial charge in [0.2, 0.25) is 11.5 Å². The van der Waals surface area contributed by atoms with Gasteiger partial charge in [0.1, 0.15) is 0 Å². The van der Waals surface area contributed by atoms with Gasteiger partial charge in [-0.15, -0.1) is 0 Å². The summed E-state index contributed by atoms with van der Waals surface area (Å²) in [5.74, 6) is -1.38. The molecule has 2 rings (SSSR count). The lowest BCUT2D eigenvalue weighted by Crippen LogP contribution is -2.49. The first-order valence-electron chi connectivity index (χ1n) is 8.30. The van der Waals surface area contributed by atoms with Gasteiger partial charge in [-0.25, -0.2) is 4.98 Å². The summed E-state index contributed by atoms with van der Waals surface area (Å²) in [4.78, 5) is 15.8. The molecule has 1 aromatic heterocycles. The molecule has 2 N–H and O–H groups in total. The summed E-state index contributed by atoms with van der Waals surface area (Å²) < 4.78 is 41.3. The van der Waals surface area contributed by atoms with E-state index < -0.39 is 29.9 Å². The molecule has 1 heterocycles. The number of alkyl halides is 3. The summed E-state index contributed by atoms with van der Waals surface area (Å²) in [6.45, 7) is 0. The highest BCUT2D eigenvalue weighted by atomic mass is 19.4. The van der Waals surface area contributed by atoms with Crippen molar-refractivity contribution in [3.05, 3.63) is 18.2 Å². The fraction of sp³-hybridized carbons (Fsp3) is 0.750. The SMILES string of the molecule is Cn1ccnc1[C@@](O)(CC(=O)NC1CCCCCCC1)C(F)(F)F. The van der Waals surface area contributed by atoms with Gasteiger partial charge in [-0.3, -0.25) is 4.79 Å². The van der Waals surface area contributed by atoms with Crippen LogP contribution in [0.2, 0.25) is 0 Å². The fourth-order valence-corrected chi connectivity index (χ4v) is 3.18. The highest BCUT2D eigenvalue weighted by Crippen LogP contribution is 2.40. The van der Waals surface area contributed by atoms with Crippen molar-refractivity contribution < 1.29 is 23.1 Å². The smallest absolute Gasteiger partial charge is 0.374 e. The molecule has 1 atom stereocenters. The molecule has 0 aromatic carbocycles. The van der Waals surface area contributed by atoms with Crippen molar-refractivity contribution in [1.82, 2.24) is 14.9 Å². The van der Waals surface area contributed by atoms with E-state index in [1.54, 1.807) is 0 Å². The van der Waals surface area contributed by atoms with E-state index in [1.807, 2.05) is 0 Å². The number of imidazole rings is 1. The molecule has 1 amide bonds. The molecule has 1 fully saturated rings. The number of carbonyl (C=O) groups is 1. The maximum Gasteiger partial charge on any atom is 0.425 e. The number of nitrogens with one attached hydrogen (secondary N) is 1. The maximum absolute atomic E-state index is 13.4. The van der Waals surface area contributed by atoms with E-state index >= 15 is 0 Å². The molecule has 1 aliphatic carbocycles. The van der Waals surface area contributed by atoms with Crippen molar-refractivity contribution in [2.24, 2.45) is 7.05 Å². The molecule has 5 nitrogen and oxygen atoms in total. The number of halogens is 3. The summed E-state index contributed by atoms with van der Waals surface area (Å²) in [6, 6.07) is -0.128. The first-order chi connectivity index (χ1) is 11.2. The Hall–Kier alpha value is -1.57. The first kappa shape index (κ1) is 18.8. The minimum atomic E-state index is -5.00. The van der Waals surface area contributed by atoms with Crippen molar-refractivity contribution >= 4 is 5.91 Å². The second-order valence-corrected chi connectivity index (χ2v) is 6.51. The molecule has 0 aliphatic heterocycles. The topological polar surface area (TPSA) is 67.1 Å². The van der Waals surface area contributed by atoms with E-state index in [-0.39, 0.29) is 6.04 Å². The predicted molar refractivity (Wildman–Crippen MR) is 82.0 cm³/mol. The molecule has 0 bridgehead atoms. The lowest BCUT2D eigenvalue weighted by molar-refractivity contribution is -0.271. The van der Waals surface area contributed by atoms with Crippen molar-refractivity contribution in [3.8, 4) is 0 Å². The van der Waals surface area contributed by atoms with Crippen molar-refractivity contribution in [2.45, 2.75) is 69.2 Å². The van der Waals surface area contributed by atoms with Gasteiger partial charge >= 0.3 is 6.18 Å². The van der Waals surface area contributed by atoms with Crippen LogP contribution in [-0.4, -0.2) is 32.8 Å². The van der Waals surface area contributed by atoms with Crippen LogP contribution in [0.25, 0.3) is 0 Å². The molecule has 0 radical (unpaired) electrons. The van der Waals surface area contributed by atoms with E-state index in [0.29, 0.717) is 0 Å². The minimum Gasteiger partial charge on any atom is -0.374 e. The highest BCUT2D eigenvalue weighted by molar-refractivity contribution is 5.77. The third kappa shape index (κ3) is 4.28. The Bertz CT molecular complexity index is 551. The number of aryl methyl sites for hydroxylation is 1. The standard InChI is InChI=1S/C16H24F3N3O2/c1-22-10-9-20-14(22)15(24,16(17,18)19)11-13(23)21-12-7-5-3-2-4-6-8-12/h9-10,12,24H,2-8,11H2,1H3,(H,21,23)/t15-/m0/s1. The Balaban J connectivity index is 2.09. The predicted octanol–water partition coefficient (Wildman–Crippen LogP) is 2.79. The largest absolute Gasteiger partial charge is 0.425 e. The number of hydrogen-bond donors (Lipinski definition) is 2. The average Bonchev–Trinajstić information content (AvgIpc) is 2.87. The van der Waals surface area contributed by atoms with Gasteiger partial charge in [0, 0.05) is 25.5 Å². The molecule has 1 aromatic rings. The minimum absolute atomic E-state index is 0.128. The molecular weight excluding hydrogens is 323 g/mol. The molecule has 0 saturated heterocycles. The summed E-state index contributed by atoms with van der Waals surface area (Å²) in [6.07, 6.45) is 3.13. The zero-order valence-corrected chi connectivity index (χ0v) is 13.8. The average molecular weight is 347 g/mol. The summed E-state index contributed by atoms with van der Waals surface area (Å²) >= 11 is 0. The molecule has 0 unspecified atom stereocenters. The second kappa shape index (κ2) is 7.55. The Kier molecular flexibility index (Phi) is 5.90.